The van der Waals surface area contributed by atoms with Crippen LogP contribution >= 0.6 is 0 Å². The van der Waals surface area contributed by atoms with E-state index in [-0.39, 0.29) is 25.1 Å². The fourth-order valence-electron chi connectivity index (χ4n) is 1.49. The Morgan fingerprint density at radius 3 is 2.65 bits per heavy atom. The van der Waals surface area contributed by atoms with Gasteiger partial charge in [0.2, 0.25) is 6.41 Å². The molecule has 1 aromatic rings. The summed E-state index contributed by atoms with van der Waals surface area (Å²) in [6.07, 6.45) is 0.686. The Kier molecular flexibility index (Phi) is 6.31. The van der Waals surface area contributed by atoms with E-state index in [4.69, 9.17) is 5.73 Å². The molecule has 3 N–H and O–H groups in total. The second-order valence-electron chi connectivity index (χ2n) is 4.02. The largest absolute Gasteiger partial charge is 0.344 e. The Labute approximate surface area is 115 Å². The molecule has 0 unspecified atom stereocenters. The first kappa shape index (κ1) is 15.8. The first-order chi connectivity index (χ1) is 9.60. The lowest BCUT2D eigenvalue weighted by molar-refractivity contribution is -0.148. The van der Waals surface area contributed by atoms with Crippen molar-refractivity contribution in [1.82, 2.24) is 10.2 Å². The normalized spacial score (nSPS) is 9.90. The van der Waals surface area contributed by atoms with Crippen molar-refractivity contribution in [2.24, 2.45) is 5.73 Å². The van der Waals surface area contributed by atoms with Crippen LogP contribution in [0, 0.1) is 5.82 Å². The number of nitrogens with two attached hydrogens (primary N) is 1. The van der Waals surface area contributed by atoms with Crippen LogP contribution in [0.25, 0.3) is 0 Å². The van der Waals surface area contributed by atoms with Crippen molar-refractivity contribution in [3.63, 3.8) is 0 Å². The van der Waals surface area contributed by atoms with Gasteiger partial charge in [0.1, 0.15) is 5.82 Å². The van der Waals surface area contributed by atoms with Crippen LogP contribution < -0.4 is 11.1 Å². The Hall–Kier alpha value is -2.28. The molecule has 0 bridgehead atoms. The van der Waals surface area contributed by atoms with Crippen molar-refractivity contribution in [2.75, 3.05) is 13.1 Å². The van der Waals surface area contributed by atoms with Crippen LogP contribution in [0.1, 0.15) is 12.0 Å². The minimum atomic E-state index is -0.982. The highest BCUT2D eigenvalue weighted by Crippen LogP contribution is 2.05. The van der Waals surface area contributed by atoms with Crippen LogP contribution in [-0.2, 0) is 20.9 Å². The van der Waals surface area contributed by atoms with Gasteiger partial charge in [-0.15, -0.1) is 0 Å². The third kappa shape index (κ3) is 4.43. The Morgan fingerprint density at radius 2 is 2.05 bits per heavy atom. The Balaban J connectivity index is 2.55. The lowest BCUT2D eigenvalue weighted by atomic mass is 10.2. The summed E-state index contributed by atoms with van der Waals surface area (Å²) >= 11 is 0. The van der Waals surface area contributed by atoms with Crippen molar-refractivity contribution in [1.29, 1.82) is 0 Å². The van der Waals surface area contributed by atoms with E-state index < -0.39 is 17.6 Å². The molecule has 0 saturated carbocycles. The molecule has 0 aliphatic heterocycles. The molecule has 0 heterocycles. The molecule has 1 rings (SSSR count). The maximum Gasteiger partial charge on any atom is 0.318 e. The van der Waals surface area contributed by atoms with E-state index in [0.717, 1.165) is 4.90 Å². The van der Waals surface area contributed by atoms with Crippen molar-refractivity contribution in [2.45, 2.75) is 13.0 Å². The number of benzene rings is 1. The van der Waals surface area contributed by atoms with Gasteiger partial charge in [-0.3, -0.25) is 19.3 Å². The maximum atomic E-state index is 13.3. The number of halogens is 1. The summed E-state index contributed by atoms with van der Waals surface area (Å²) in [5.74, 6) is -2.42. The summed E-state index contributed by atoms with van der Waals surface area (Å²) < 4.78 is 13.3. The molecule has 0 spiro atoms. The number of carbonyl (C=O) groups is 3. The van der Waals surface area contributed by atoms with Crippen LogP contribution in [0.5, 0.6) is 0 Å². The first-order valence-electron chi connectivity index (χ1n) is 6.07. The molecule has 20 heavy (non-hydrogen) atoms. The van der Waals surface area contributed by atoms with E-state index in [9.17, 15) is 18.8 Å². The molecule has 3 amide bonds. The second kappa shape index (κ2) is 8.00. The van der Waals surface area contributed by atoms with E-state index in [0.29, 0.717) is 13.0 Å². The smallest absolute Gasteiger partial charge is 0.318 e. The van der Waals surface area contributed by atoms with Crippen LogP contribution in [0.2, 0.25) is 0 Å². The third-order valence-corrected chi connectivity index (χ3v) is 2.58. The number of hydrogen-bond acceptors (Lipinski definition) is 4. The number of nitrogens with zero attached hydrogens (tertiary/aromatic N) is 1. The summed E-state index contributed by atoms with van der Waals surface area (Å²) in [6.45, 7) is 0.251. The van der Waals surface area contributed by atoms with Gasteiger partial charge in [-0.05, 0) is 19.0 Å². The quantitative estimate of drug-likeness (QED) is 0.557. The molecule has 0 radical (unpaired) electrons. The van der Waals surface area contributed by atoms with Crippen molar-refractivity contribution in [3.05, 3.63) is 35.6 Å². The van der Waals surface area contributed by atoms with Gasteiger partial charge in [0.05, 0.1) is 0 Å². The van der Waals surface area contributed by atoms with E-state index in [1.54, 1.807) is 6.07 Å². The van der Waals surface area contributed by atoms with Gasteiger partial charge >= 0.3 is 11.8 Å². The fourth-order valence-corrected chi connectivity index (χ4v) is 1.49. The molecule has 0 atom stereocenters. The van der Waals surface area contributed by atoms with Crippen molar-refractivity contribution in [3.8, 4) is 0 Å². The summed E-state index contributed by atoms with van der Waals surface area (Å²) in [5.41, 5.74) is 5.52. The maximum absolute atomic E-state index is 13.3. The zero-order valence-electron chi connectivity index (χ0n) is 10.8. The summed E-state index contributed by atoms with van der Waals surface area (Å²) in [5, 5.41) is 2.27. The summed E-state index contributed by atoms with van der Waals surface area (Å²) in [7, 11) is 0. The molecule has 0 aromatic heterocycles. The lowest BCUT2D eigenvalue weighted by Crippen LogP contribution is -2.43. The van der Waals surface area contributed by atoms with Crippen LogP contribution in [0.4, 0.5) is 4.39 Å². The van der Waals surface area contributed by atoms with Gasteiger partial charge < -0.3 is 11.1 Å². The van der Waals surface area contributed by atoms with Crippen LogP contribution in [-0.4, -0.2) is 36.2 Å². The monoisotopic (exact) mass is 281 g/mol. The fraction of sp³-hybridized carbons (Fsp3) is 0.308. The molecule has 108 valence electrons. The highest BCUT2D eigenvalue weighted by atomic mass is 19.1. The standard InChI is InChI=1S/C13H16FN3O3/c14-11-5-2-1-4-10(11)8-16-12(19)13(20)17(9-18)7-3-6-15/h1-2,4-5,9H,3,6-8,15H2,(H,16,19). The molecule has 0 saturated heterocycles. The molecular formula is C13H16FN3O3. The lowest BCUT2D eigenvalue weighted by Gasteiger charge is -2.14. The Morgan fingerprint density at radius 1 is 1.35 bits per heavy atom. The zero-order valence-corrected chi connectivity index (χ0v) is 10.8. The average molecular weight is 281 g/mol. The van der Waals surface area contributed by atoms with Crippen LogP contribution in [0.15, 0.2) is 24.3 Å². The average Bonchev–Trinajstić information content (AvgIpc) is 2.46. The van der Waals surface area contributed by atoms with Crippen molar-refractivity contribution >= 4 is 18.2 Å². The number of rotatable bonds is 6. The minimum Gasteiger partial charge on any atom is -0.344 e. The van der Waals surface area contributed by atoms with E-state index in [1.165, 1.54) is 18.2 Å². The number of carbonyl (C=O) groups excluding carboxylic acids is 3. The van der Waals surface area contributed by atoms with E-state index in [1.807, 2.05) is 0 Å². The number of hydrogen-bond donors (Lipinski definition) is 2. The SMILES string of the molecule is NCCCN(C=O)C(=O)C(=O)NCc1ccccc1F. The summed E-state index contributed by atoms with van der Waals surface area (Å²) in [6, 6.07) is 5.88. The summed E-state index contributed by atoms with van der Waals surface area (Å²) in [4.78, 5) is 34.7. The van der Waals surface area contributed by atoms with E-state index >= 15 is 0 Å². The van der Waals surface area contributed by atoms with E-state index in [2.05, 4.69) is 5.32 Å². The first-order valence-corrected chi connectivity index (χ1v) is 6.07. The van der Waals surface area contributed by atoms with Gasteiger partial charge in [-0.2, -0.15) is 0 Å². The highest BCUT2D eigenvalue weighted by molar-refractivity contribution is 6.36. The number of amides is 3. The molecule has 6 nitrogen and oxygen atoms in total. The number of imide groups is 1. The molecule has 0 aliphatic rings. The molecule has 7 heteroatoms. The predicted molar refractivity (Wildman–Crippen MR) is 69.7 cm³/mol. The minimum absolute atomic E-state index is 0.0753. The van der Waals surface area contributed by atoms with Gasteiger partial charge in [-0.1, -0.05) is 18.2 Å². The topological polar surface area (TPSA) is 92.5 Å². The van der Waals surface area contributed by atoms with Gasteiger partial charge in [0, 0.05) is 18.7 Å². The number of nitrogens with one attached hydrogen (secondary N) is 1. The second-order valence-corrected chi connectivity index (χ2v) is 4.02. The van der Waals surface area contributed by atoms with Crippen LogP contribution in [0.3, 0.4) is 0 Å². The molecule has 1 aromatic carbocycles. The third-order valence-electron chi connectivity index (χ3n) is 2.58. The van der Waals surface area contributed by atoms with Crippen molar-refractivity contribution < 1.29 is 18.8 Å². The molecular weight excluding hydrogens is 265 g/mol. The van der Waals surface area contributed by atoms with Gasteiger partial charge in [0.15, 0.2) is 0 Å². The predicted octanol–water partition coefficient (Wildman–Crippen LogP) is -0.224. The highest BCUT2D eigenvalue weighted by Gasteiger charge is 2.20. The molecule has 0 fully saturated rings. The Bertz CT molecular complexity index is 494. The van der Waals surface area contributed by atoms with Gasteiger partial charge in [0.25, 0.3) is 0 Å². The molecule has 0 aliphatic carbocycles. The zero-order chi connectivity index (χ0) is 15.0. The van der Waals surface area contributed by atoms with Gasteiger partial charge in [-0.25, -0.2) is 4.39 Å².